The summed E-state index contributed by atoms with van der Waals surface area (Å²) < 4.78 is 0. The van der Waals surface area contributed by atoms with Crippen molar-refractivity contribution in [3.8, 4) is 0 Å². The first-order valence-corrected chi connectivity index (χ1v) is 24.9. The molecule has 9 aliphatic rings. The molecule has 0 nitrogen and oxygen atoms in total. The van der Waals surface area contributed by atoms with Crippen LogP contribution in [0, 0.1) is 94.7 Å². The molecule has 16 unspecified atom stereocenters. The van der Waals surface area contributed by atoms with Gasteiger partial charge >= 0.3 is 0 Å². The molecule has 0 aliphatic heterocycles. The van der Waals surface area contributed by atoms with Gasteiger partial charge in [0.2, 0.25) is 0 Å². The lowest BCUT2D eigenvalue weighted by atomic mass is 9.14. The van der Waals surface area contributed by atoms with Crippen LogP contribution in [-0.2, 0) is 0 Å². The topological polar surface area (TPSA) is 0 Å². The third kappa shape index (κ3) is 6.68. The Hall–Kier alpha value is 0. The molecule has 0 bridgehead atoms. The maximum absolute atomic E-state index is 1.65. The number of rotatable bonds is 0. The van der Waals surface area contributed by atoms with E-state index in [0.717, 1.165) is 23.7 Å². The van der Waals surface area contributed by atoms with Crippen LogP contribution in [0.4, 0.5) is 0 Å². The molecule has 0 radical (unpaired) electrons. The van der Waals surface area contributed by atoms with Crippen LogP contribution >= 0.6 is 0 Å². The van der Waals surface area contributed by atoms with Gasteiger partial charge in [-0.25, -0.2) is 0 Å². The molecule has 0 heterocycles. The summed E-state index contributed by atoms with van der Waals surface area (Å²) in [5.74, 6) is 19.4. The molecule has 50 heavy (non-hydrogen) atoms. The second-order valence-electron chi connectivity index (χ2n) is 21.4. The fourth-order valence-corrected chi connectivity index (χ4v) is 17.2. The van der Waals surface area contributed by atoms with Crippen molar-refractivity contribution in [3.63, 3.8) is 0 Å². The molecular formula is C50H84. The van der Waals surface area contributed by atoms with Gasteiger partial charge in [-0.05, 0) is 146 Å². The van der Waals surface area contributed by atoms with E-state index in [1.165, 1.54) is 187 Å². The minimum atomic E-state index is 1.12. The SMILES string of the molecule is C1CCCCCCCCCCCCC2C(CCCCCCCCCCC1)C1CCCCC3C(CCCCC21)C1C3C2C1C1C3C4CCC4C3C21. The Labute approximate surface area is 312 Å². The molecule has 9 fully saturated rings. The quantitative estimate of drug-likeness (QED) is 0.223. The Morgan fingerprint density at radius 1 is 0.120 bits per heavy atom. The number of fused-ring (bicyclic) bond motifs is 20. The lowest BCUT2D eigenvalue weighted by Crippen LogP contribution is -2.86. The van der Waals surface area contributed by atoms with Crippen molar-refractivity contribution in [1.82, 2.24) is 0 Å². The fraction of sp³-hybridized carbons (Fsp3) is 1.00. The summed E-state index contributed by atoms with van der Waals surface area (Å²) in [7, 11) is 0. The summed E-state index contributed by atoms with van der Waals surface area (Å²) in [4.78, 5) is 0. The van der Waals surface area contributed by atoms with E-state index < -0.39 is 0 Å². The molecule has 0 saturated heterocycles. The molecule has 0 heteroatoms. The second kappa shape index (κ2) is 16.8. The summed E-state index contributed by atoms with van der Waals surface area (Å²) in [6, 6.07) is 0. The Morgan fingerprint density at radius 2 is 0.280 bits per heavy atom. The van der Waals surface area contributed by atoms with E-state index in [2.05, 4.69) is 0 Å². The standard InChI is InChI=1S/C50H84/c1-2-4-6-8-10-12-14-16-18-20-22-28-36-35(27-21-19-17-15-13-11-9-7-5-3-1)37-29-23-25-31-39-40(32-26-24-30-38(36)37)44-43(39)47-48(44)50-46-42-34-33-41(42)45(46)49(47)50/h35-50H,1-34H2. The average molecular weight is 685 g/mol. The van der Waals surface area contributed by atoms with Crippen LogP contribution in [0.3, 0.4) is 0 Å². The van der Waals surface area contributed by atoms with Crippen LogP contribution in [0.1, 0.15) is 218 Å². The fourth-order valence-electron chi connectivity index (χ4n) is 17.2. The van der Waals surface area contributed by atoms with Crippen molar-refractivity contribution in [2.45, 2.75) is 218 Å². The predicted molar refractivity (Wildman–Crippen MR) is 213 cm³/mol. The molecule has 9 aliphatic carbocycles. The lowest BCUT2D eigenvalue weighted by molar-refractivity contribution is -0.431. The van der Waals surface area contributed by atoms with Crippen LogP contribution in [0.25, 0.3) is 0 Å². The van der Waals surface area contributed by atoms with Crippen LogP contribution < -0.4 is 0 Å². The van der Waals surface area contributed by atoms with Crippen LogP contribution in [0.5, 0.6) is 0 Å². The monoisotopic (exact) mass is 685 g/mol. The van der Waals surface area contributed by atoms with Crippen molar-refractivity contribution < 1.29 is 0 Å². The van der Waals surface area contributed by atoms with Crippen LogP contribution in [0.15, 0.2) is 0 Å². The largest absolute Gasteiger partial charge is 0.0533 e. The number of hydrogen-bond acceptors (Lipinski definition) is 0. The summed E-state index contributed by atoms with van der Waals surface area (Å²) in [6.45, 7) is 0. The smallest absolute Gasteiger partial charge is 0.0312 e. The zero-order valence-electron chi connectivity index (χ0n) is 33.3. The van der Waals surface area contributed by atoms with Crippen molar-refractivity contribution in [3.05, 3.63) is 0 Å². The van der Waals surface area contributed by atoms with Crippen LogP contribution in [-0.4, -0.2) is 0 Å². The van der Waals surface area contributed by atoms with Gasteiger partial charge in [-0.15, -0.1) is 0 Å². The third-order valence-corrected chi connectivity index (χ3v) is 19.5. The molecule has 9 rings (SSSR count). The molecule has 0 spiro atoms. The van der Waals surface area contributed by atoms with E-state index >= 15 is 0 Å². The molecule has 16 atom stereocenters. The van der Waals surface area contributed by atoms with Gasteiger partial charge in [-0.3, -0.25) is 0 Å². The first-order valence-electron chi connectivity index (χ1n) is 24.9. The highest BCUT2D eigenvalue weighted by molar-refractivity contribution is 5.32. The van der Waals surface area contributed by atoms with E-state index in [-0.39, 0.29) is 0 Å². The third-order valence-electron chi connectivity index (χ3n) is 19.5. The summed E-state index contributed by atoms with van der Waals surface area (Å²) in [5.41, 5.74) is 0. The highest BCUT2D eigenvalue weighted by atomic mass is 14.9. The summed E-state index contributed by atoms with van der Waals surface area (Å²) in [6.07, 6.45) is 52.9. The van der Waals surface area contributed by atoms with Crippen molar-refractivity contribution in [2.75, 3.05) is 0 Å². The Balaban J connectivity index is 0.754. The van der Waals surface area contributed by atoms with E-state index in [0.29, 0.717) is 0 Å². The first kappa shape index (κ1) is 35.7. The lowest BCUT2D eigenvalue weighted by Gasteiger charge is -2.90. The van der Waals surface area contributed by atoms with Gasteiger partial charge in [0, 0.05) is 0 Å². The van der Waals surface area contributed by atoms with Gasteiger partial charge in [0.15, 0.2) is 0 Å². The Bertz CT molecular complexity index is 961. The maximum atomic E-state index is 1.65. The second-order valence-corrected chi connectivity index (χ2v) is 21.4. The zero-order valence-corrected chi connectivity index (χ0v) is 33.3. The normalized spacial score (nSPS) is 50.9. The molecule has 0 aromatic rings. The highest BCUT2D eigenvalue weighted by Crippen LogP contribution is 2.89. The van der Waals surface area contributed by atoms with Gasteiger partial charge in [-0.1, -0.05) is 167 Å². The molecule has 0 aromatic carbocycles. The first-order chi connectivity index (χ1) is 24.9. The van der Waals surface area contributed by atoms with Gasteiger partial charge < -0.3 is 0 Å². The van der Waals surface area contributed by atoms with E-state index in [4.69, 9.17) is 0 Å². The molecule has 0 aromatic heterocycles. The highest BCUT2D eigenvalue weighted by Gasteiger charge is 2.85. The van der Waals surface area contributed by atoms with Crippen molar-refractivity contribution in [2.24, 2.45) is 94.7 Å². The minimum Gasteiger partial charge on any atom is -0.0533 e. The average Bonchev–Trinajstić information content (AvgIpc) is 3.09. The van der Waals surface area contributed by atoms with E-state index in [9.17, 15) is 0 Å². The summed E-state index contributed by atoms with van der Waals surface area (Å²) in [5, 5.41) is 0. The maximum Gasteiger partial charge on any atom is -0.0312 e. The van der Waals surface area contributed by atoms with Crippen molar-refractivity contribution >= 4 is 0 Å². The van der Waals surface area contributed by atoms with Crippen LogP contribution in [0.2, 0.25) is 0 Å². The van der Waals surface area contributed by atoms with E-state index in [1.807, 2.05) is 0 Å². The summed E-state index contributed by atoms with van der Waals surface area (Å²) >= 11 is 0. The minimum absolute atomic E-state index is 1.12. The molecular weight excluding hydrogens is 601 g/mol. The zero-order chi connectivity index (χ0) is 33.3. The Morgan fingerprint density at radius 3 is 0.500 bits per heavy atom. The Kier molecular flexibility index (Phi) is 12.0. The molecule has 9 saturated carbocycles. The van der Waals surface area contributed by atoms with E-state index in [1.54, 1.807) is 103 Å². The van der Waals surface area contributed by atoms with Crippen molar-refractivity contribution in [1.29, 1.82) is 0 Å². The number of hydrogen-bond donors (Lipinski definition) is 0. The van der Waals surface area contributed by atoms with Gasteiger partial charge in [-0.2, -0.15) is 0 Å². The predicted octanol–water partition coefficient (Wildman–Crippen LogP) is 15.2. The molecule has 0 amide bonds. The van der Waals surface area contributed by atoms with Gasteiger partial charge in [0.05, 0.1) is 0 Å². The van der Waals surface area contributed by atoms with Gasteiger partial charge in [0.25, 0.3) is 0 Å². The molecule has 0 N–H and O–H groups in total. The molecule has 284 valence electrons. The van der Waals surface area contributed by atoms with Gasteiger partial charge in [0.1, 0.15) is 0 Å².